The summed E-state index contributed by atoms with van der Waals surface area (Å²) < 4.78 is 5.11. The molecule has 0 saturated carbocycles. The predicted octanol–water partition coefficient (Wildman–Crippen LogP) is 3.42. The first kappa shape index (κ1) is 15.2. The van der Waals surface area contributed by atoms with Crippen molar-refractivity contribution in [2.75, 3.05) is 12.8 Å². The average Bonchev–Trinajstić information content (AvgIpc) is 2.50. The lowest BCUT2D eigenvalue weighted by Crippen LogP contribution is -2.26. The Morgan fingerprint density at radius 2 is 1.90 bits per heavy atom. The molecule has 2 rings (SSSR count). The summed E-state index contributed by atoms with van der Waals surface area (Å²) in [5.41, 5.74) is 7.56. The van der Waals surface area contributed by atoms with Gasteiger partial charge in [-0.3, -0.25) is 4.79 Å². The number of halogens is 1. The second kappa shape index (κ2) is 6.50. The molecule has 0 unspecified atom stereocenters. The van der Waals surface area contributed by atoms with Crippen LogP contribution < -0.4 is 15.8 Å². The fourth-order valence-electron chi connectivity index (χ4n) is 1.92. The van der Waals surface area contributed by atoms with E-state index in [0.717, 1.165) is 11.3 Å². The van der Waals surface area contributed by atoms with Gasteiger partial charge in [0.25, 0.3) is 5.91 Å². The molecule has 0 aliphatic heterocycles. The van der Waals surface area contributed by atoms with Crippen LogP contribution >= 0.6 is 11.6 Å². The molecule has 4 nitrogen and oxygen atoms in total. The number of amides is 1. The van der Waals surface area contributed by atoms with E-state index < -0.39 is 0 Å². The SMILES string of the molecule is COc1ccc([C@H](C)NC(=O)c2ccc(N)c(Cl)c2)cc1. The highest BCUT2D eigenvalue weighted by atomic mass is 35.5. The molecule has 21 heavy (non-hydrogen) atoms. The number of carbonyl (C=O) groups excluding carboxylic acids is 1. The number of hydrogen-bond donors (Lipinski definition) is 2. The van der Waals surface area contributed by atoms with Gasteiger partial charge in [0.15, 0.2) is 0 Å². The largest absolute Gasteiger partial charge is 0.497 e. The molecule has 2 aromatic rings. The maximum atomic E-state index is 12.2. The first-order valence-corrected chi connectivity index (χ1v) is 6.89. The van der Waals surface area contributed by atoms with Crippen LogP contribution in [0.2, 0.25) is 5.02 Å². The van der Waals surface area contributed by atoms with Gasteiger partial charge in [0.1, 0.15) is 5.75 Å². The minimum Gasteiger partial charge on any atom is -0.497 e. The Morgan fingerprint density at radius 3 is 2.48 bits per heavy atom. The summed E-state index contributed by atoms with van der Waals surface area (Å²) in [6.45, 7) is 1.92. The quantitative estimate of drug-likeness (QED) is 0.851. The summed E-state index contributed by atoms with van der Waals surface area (Å²) in [6, 6.07) is 12.3. The van der Waals surface area contributed by atoms with Crippen LogP contribution in [0.15, 0.2) is 42.5 Å². The lowest BCUT2D eigenvalue weighted by molar-refractivity contribution is 0.0940. The molecule has 3 N–H and O–H groups in total. The zero-order valence-corrected chi connectivity index (χ0v) is 12.6. The molecule has 0 radical (unpaired) electrons. The zero-order valence-electron chi connectivity index (χ0n) is 11.9. The van der Waals surface area contributed by atoms with Gasteiger partial charge in [-0.25, -0.2) is 0 Å². The number of carbonyl (C=O) groups is 1. The van der Waals surface area contributed by atoms with Crippen LogP contribution in [-0.4, -0.2) is 13.0 Å². The van der Waals surface area contributed by atoms with Gasteiger partial charge in [0.05, 0.1) is 23.9 Å². The van der Waals surface area contributed by atoms with Crippen molar-refractivity contribution < 1.29 is 9.53 Å². The standard InChI is InChI=1S/C16H17ClN2O2/c1-10(11-3-6-13(21-2)7-4-11)19-16(20)12-5-8-15(18)14(17)9-12/h3-10H,18H2,1-2H3,(H,19,20)/t10-/m0/s1. The third-order valence-electron chi connectivity index (χ3n) is 3.23. The molecule has 0 bridgehead atoms. The molecule has 5 heteroatoms. The Hall–Kier alpha value is -2.20. The van der Waals surface area contributed by atoms with Crippen LogP contribution in [0.25, 0.3) is 0 Å². The smallest absolute Gasteiger partial charge is 0.251 e. The molecular weight excluding hydrogens is 288 g/mol. The summed E-state index contributed by atoms with van der Waals surface area (Å²) in [4.78, 5) is 12.2. The highest BCUT2D eigenvalue weighted by molar-refractivity contribution is 6.33. The third-order valence-corrected chi connectivity index (χ3v) is 3.55. The summed E-state index contributed by atoms with van der Waals surface area (Å²) in [6.07, 6.45) is 0. The van der Waals surface area contributed by atoms with Gasteiger partial charge in [-0.15, -0.1) is 0 Å². The van der Waals surface area contributed by atoms with Crippen LogP contribution in [0.4, 0.5) is 5.69 Å². The highest BCUT2D eigenvalue weighted by Gasteiger charge is 2.12. The Bertz CT molecular complexity index is 641. The molecular formula is C16H17ClN2O2. The monoisotopic (exact) mass is 304 g/mol. The normalized spacial score (nSPS) is 11.8. The fraction of sp³-hybridized carbons (Fsp3) is 0.188. The molecule has 0 heterocycles. The second-order valence-corrected chi connectivity index (χ2v) is 5.11. The summed E-state index contributed by atoms with van der Waals surface area (Å²) in [5, 5.41) is 3.29. The van der Waals surface area contributed by atoms with Gasteiger partial charge in [0.2, 0.25) is 0 Å². The van der Waals surface area contributed by atoms with Gasteiger partial charge in [0, 0.05) is 5.56 Å². The van der Waals surface area contributed by atoms with Crippen LogP contribution in [0.3, 0.4) is 0 Å². The topological polar surface area (TPSA) is 64.3 Å². The number of benzene rings is 2. The number of anilines is 1. The van der Waals surface area contributed by atoms with E-state index in [2.05, 4.69) is 5.32 Å². The van der Waals surface area contributed by atoms with Crippen LogP contribution in [0.5, 0.6) is 5.75 Å². The molecule has 0 fully saturated rings. The molecule has 0 aromatic heterocycles. The van der Waals surface area contributed by atoms with Crippen molar-refractivity contribution in [3.8, 4) is 5.75 Å². The third kappa shape index (κ3) is 3.67. The molecule has 0 saturated heterocycles. The van der Waals surface area contributed by atoms with Crippen molar-refractivity contribution in [1.29, 1.82) is 0 Å². The maximum absolute atomic E-state index is 12.2. The van der Waals surface area contributed by atoms with Crippen molar-refractivity contribution in [2.24, 2.45) is 0 Å². The molecule has 0 spiro atoms. The molecule has 0 aliphatic carbocycles. The molecule has 1 amide bonds. The van der Waals surface area contributed by atoms with Crippen molar-refractivity contribution in [3.63, 3.8) is 0 Å². The Kier molecular flexibility index (Phi) is 4.70. The van der Waals surface area contributed by atoms with Crippen molar-refractivity contribution in [3.05, 3.63) is 58.6 Å². The van der Waals surface area contributed by atoms with E-state index in [0.29, 0.717) is 16.3 Å². The number of hydrogen-bond acceptors (Lipinski definition) is 3. The molecule has 1 atom stereocenters. The van der Waals surface area contributed by atoms with E-state index in [1.807, 2.05) is 31.2 Å². The van der Waals surface area contributed by atoms with Gasteiger partial charge in [-0.05, 0) is 42.8 Å². The van der Waals surface area contributed by atoms with E-state index in [1.54, 1.807) is 25.3 Å². The molecule has 2 aromatic carbocycles. The number of methoxy groups -OCH3 is 1. The summed E-state index contributed by atoms with van der Waals surface area (Å²) in [5.74, 6) is 0.586. The Balaban J connectivity index is 2.08. The highest BCUT2D eigenvalue weighted by Crippen LogP contribution is 2.21. The van der Waals surface area contributed by atoms with E-state index in [9.17, 15) is 4.79 Å². The van der Waals surface area contributed by atoms with Crippen molar-refractivity contribution in [2.45, 2.75) is 13.0 Å². The minimum absolute atomic E-state index is 0.125. The maximum Gasteiger partial charge on any atom is 0.251 e. The van der Waals surface area contributed by atoms with Crippen molar-refractivity contribution in [1.82, 2.24) is 5.32 Å². The zero-order chi connectivity index (χ0) is 15.4. The first-order valence-electron chi connectivity index (χ1n) is 6.51. The van der Waals surface area contributed by atoms with E-state index in [4.69, 9.17) is 22.1 Å². The summed E-state index contributed by atoms with van der Waals surface area (Å²) in [7, 11) is 1.62. The van der Waals surface area contributed by atoms with Crippen LogP contribution in [-0.2, 0) is 0 Å². The Morgan fingerprint density at radius 1 is 1.24 bits per heavy atom. The van der Waals surface area contributed by atoms with E-state index >= 15 is 0 Å². The molecule has 110 valence electrons. The Labute approximate surface area is 128 Å². The molecule has 0 aliphatic rings. The van der Waals surface area contributed by atoms with Crippen molar-refractivity contribution >= 4 is 23.2 Å². The number of nitrogen functional groups attached to an aromatic ring is 1. The lowest BCUT2D eigenvalue weighted by Gasteiger charge is -2.15. The average molecular weight is 305 g/mol. The van der Waals surface area contributed by atoms with E-state index in [1.165, 1.54) is 0 Å². The first-order chi connectivity index (χ1) is 10.0. The van der Waals surface area contributed by atoms with Gasteiger partial charge in [-0.1, -0.05) is 23.7 Å². The lowest BCUT2D eigenvalue weighted by atomic mass is 10.1. The van der Waals surface area contributed by atoms with Gasteiger partial charge >= 0.3 is 0 Å². The number of rotatable bonds is 4. The van der Waals surface area contributed by atoms with Gasteiger partial charge < -0.3 is 15.8 Å². The van der Waals surface area contributed by atoms with Gasteiger partial charge in [-0.2, -0.15) is 0 Å². The summed E-state index contributed by atoms with van der Waals surface area (Å²) >= 11 is 5.93. The minimum atomic E-state index is -0.194. The fourth-order valence-corrected chi connectivity index (χ4v) is 2.10. The predicted molar refractivity (Wildman–Crippen MR) is 84.7 cm³/mol. The van der Waals surface area contributed by atoms with E-state index in [-0.39, 0.29) is 11.9 Å². The number of nitrogens with two attached hydrogens (primary N) is 1. The second-order valence-electron chi connectivity index (χ2n) is 4.70. The number of nitrogens with one attached hydrogen (secondary N) is 1. The van der Waals surface area contributed by atoms with Crippen LogP contribution in [0, 0.1) is 0 Å². The van der Waals surface area contributed by atoms with Crippen LogP contribution in [0.1, 0.15) is 28.9 Å². The number of ether oxygens (including phenoxy) is 1.